The Morgan fingerprint density at radius 3 is 2.64 bits per heavy atom. The van der Waals surface area contributed by atoms with E-state index in [4.69, 9.17) is 0 Å². The number of halogens is 2. The van der Waals surface area contributed by atoms with Gasteiger partial charge in [0, 0.05) is 25.0 Å². The second kappa shape index (κ2) is 4.96. The molecule has 1 aromatic heterocycles. The predicted molar refractivity (Wildman–Crippen MR) is 78.1 cm³/mol. The van der Waals surface area contributed by atoms with E-state index in [9.17, 15) is 13.6 Å². The summed E-state index contributed by atoms with van der Waals surface area (Å²) in [5.74, 6) is -1.21. The third kappa shape index (κ3) is 2.59. The second-order valence-electron chi connectivity index (χ2n) is 6.84. The fourth-order valence-electron chi connectivity index (χ4n) is 3.44. The Labute approximate surface area is 127 Å². The number of rotatable bonds is 3. The number of hydrogen-bond acceptors (Lipinski definition) is 3. The maximum Gasteiger partial charge on any atom is 0.248 e. The van der Waals surface area contributed by atoms with Crippen LogP contribution in [0.4, 0.5) is 14.6 Å². The monoisotopic (exact) mass is 307 g/mol. The molecule has 2 fully saturated rings. The van der Waals surface area contributed by atoms with Gasteiger partial charge in [-0.15, -0.1) is 0 Å². The van der Waals surface area contributed by atoms with Crippen molar-refractivity contribution in [2.75, 3.05) is 0 Å². The molecule has 22 heavy (non-hydrogen) atoms. The van der Waals surface area contributed by atoms with E-state index in [2.05, 4.69) is 10.1 Å². The molecule has 0 amide bonds. The topological polar surface area (TPSA) is 47.2 Å². The van der Waals surface area contributed by atoms with Gasteiger partial charge < -0.3 is 0 Å². The van der Waals surface area contributed by atoms with E-state index in [0.29, 0.717) is 36.6 Å². The molecule has 3 aliphatic rings. The SMILES string of the molecule is O=C1CC(CC2CC2)=Nc2c1cnn2C1CCC(F)(F)CC1. The Hall–Kier alpha value is -1.59. The fraction of sp³-hybridized carbons (Fsp3) is 0.688. The average Bonchev–Trinajstić information content (AvgIpc) is 3.16. The molecule has 118 valence electrons. The van der Waals surface area contributed by atoms with Crippen molar-refractivity contribution < 1.29 is 13.6 Å². The van der Waals surface area contributed by atoms with Crippen molar-refractivity contribution in [1.29, 1.82) is 0 Å². The highest BCUT2D eigenvalue weighted by Crippen LogP contribution is 2.41. The van der Waals surface area contributed by atoms with Crippen LogP contribution in [0.2, 0.25) is 0 Å². The lowest BCUT2D eigenvalue weighted by Gasteiger charge is -2.29. The van der Waals surface area contributed by atoms with Crippen LogP contribution in [0.15, 0.2) is 11.2 Å². The Bertz CT molecular complexity index is 636. The molecule has 0 saturated heterocycles. The summed E-state index contributed by atoms with van der Waals surface area (Å²) in [6.07, 6.45) is 5.83. The molecular weight excluding hydrogens is 288 g/mol. The highest BCUT2D eigenvalue weighted by atomic mass is 19.3. The van der Waals surface area contributed by atoms with E-state index in [0.717, 1.165) is 12.1 Å². The molecule has 0 bridgehead atoms. The van der Waals surface area contributed by atoms with Crippen molar-refractivity contribution >= 4 is 17.3 Å². The maximum atomic E-state index is 13.3. The first-order chi connectivity index (χ1) is 10.5. The van der Waals surface area contributed by atoms with E-state index >= 15 is 0 Å². The molecule has 0 unspecified atom stereocenters. The standard InChI is InChI=1S/C16H19F2N3O/c17-16(18)5-3-12(4-6-16)21-15-13(9-19-21)14(22)8-11(20-15)7-10-1-2-10/h9-10,12H,1-8H2. The van der Waals surface area contributed by atoms with Crippen LogP contribution < -0.4 is 0 Å². The van der Waals surface area contributed by atoms with Crippen molar-refractivity contribution in [3.8, 4) is 0 Å². The van der Waals surface area contributed by atoms with Gasteiger partial charge in [-0.1, -0.05) is 0 Å². The summed E-state index contributed by atoms with van der Waals surface area (Å²) < 4.78 is 28.4. The Balaban J connectivity index is 1.60. The lowest BCUT2D eigenvalue weighted by atomic mass is 9.92. The van der Waals surface area contributed by atoms with Crippen LogP contribution >= 0.6 is 0 Å². The van der Waals surface area contributed by atoms with Crippen molar-refractivity contribution in [1.82, 2.24) is 9.78 Å². The van der Waals surface area contributed by atoms with Crippen molar-refractivity contribution in [3.63, 3.8) is 0 Å². The van der Waals surface area contributed by atoms with Crippen LogP contribution in [-0.2, 0) is 0 Å². The highest BCUT2D eigenvalue weighted by Gasteiger charge is 2.37. The summed E-state index contributed by atoms with van der Waals surface area (Å²) in [5.41, 5.74) is 1.49. The number of nitrogens with zero attached hydrogens (tertiary/aromatic N) is 3. The molecular formula is C16H19F2N3O. The van der Waals surface area contributed by atoms with Gasteiger partial charge in [0.2, 0.25) is 5.92 Å². The zero-order valence-electron chi connectivity index (χ0n) is 12.4. The zero-order valence-corrected chi connectivity index (χ0v) is 12.4. The lowest BCUT2D eigenvalue weighted by Crippen LogP contribution is -2.27. The third-order valence-electron chi connectivity index (χ3n) is 4.95. The van der Waals surface area contributed by atoms with E-state index in [1.165, 1.54) is 12.8 Å². The third-order valence-corrected chi connectivity index (χ3v) is 4.95. The number of carbonyl (C=O) groups is 1. The van der Waals surface area contributed by atoms with Gasteiger partial charge >= 0.3 is 0 Å². The highest BCUT2D eigenvalue weighted by molar-refractivity contribution is 6.15. The van der Waals surface area contributed by atoms with E-state index in [1.807, 2.05) is 0 Å². The number of ketones is 1. The van der Waals surface area contributed by atoms with E-state index in [-0.39, 0.29) is 24.7 Å². The molecule has 0 N–H and O–H groups in total. The number of fused-ring (bicyclic) bond motifs is 1. The summed E-state index contributed by atoms with van der Waals surface area (Å²) in [4.78, 5) is 16.9. The molecule has 0 spiro atoms. The summed E-state index contributed by atoms with van der Waals surface area (Å²) in [7, 11) is 0. The first-order valence-corrected chi connectivity index (χ1v) is 8.07. The van der Waals surface area contributed by atoms with Crippen LogP contribution in [0.5, 0.6) is 0 Å². The summed E-state index contributed by atoms with van der Waals surface area (Å²) in [5, 5.41) is 4.29. The largest absolute Gasteiger partial charge is 0.294 e. The van der Waals surface area contributed by atoms with E-state index in [1.54, 1.807) is 10.9 Å². The zero-order chi connectivity index (χ0) is 15.3. The van der Waals surface area contributed by atoms with Gasteiger partial charge in [-0.3, -0.25) is 4.79 Å². The Morgan fingerprint density at radius 2 is 1.95 bits per heavy atom. The number of Topliss-reactive ketones (excluding diaryl/α,β-unsaturated/α-hetero) is 1. The average molecular weight is 307 g/mol. The first-order valence-electron chi connectivity index (χ1n) is 8.07. The molecule has 1 aromatic rings. The fourth-order valence-corrected chi connectivity index (χ4v) is 3.44. The summed E-state index contributed by atoms with van der Waals surface area (Å²) >= 11 is 0. The van der Waals surface area contributed by atoms with Gasteiger partial charge in [-0.2, -0.15) is 5.10 Å². The quantitative estimate of drug-likeness (QED) is 0.844. The molecule has 4 nitrogen and oxygen atoms in total. The number of hydrogen-bond donors (Lipinski definition) is 0. The molecule has 0 aromatic carbocycles. The molecule has 0 radical (unpaired) electrons. The minimum atomic E-state index is -2.56. The maximum absolute atomic E-state index is 13.3. The number of alkyl halides is 2. The minimum Gasteiger partial charge on any atom is -0.294 e. The Morgan fingerprint density at radius 1 is 1.23 bits per heavy atom. The van der Waals surface area contributed by atoms with Crippen LogP contribution in [-0.4, -0.2) is 27.2 Å². The van der Waals surface area contributed by atoms with Gasteiger partial charge in [0.1, 0.15) is 0 Å². The van der Waals surface area contributed by atoms with Crippen LogP contribution in [0, 0.1) is 5.92 Å². The number of aromatic nitrogens is 2. The van der Waals surface area contributed by atoms with Crippen LogP contribution in [0.1, 0.15) is 67.8 Å². The number of aliphatic imine (C=N–C) groups is 1. The lowest BCUT2D eigenvalue weighted by molar-refractivity contribution is -0.0448. The normalized spacial score (nSPS) is 25.0. The van der Waals surface area contributed by atoms with E-state index < -0.39 is 5.92 Å². The second-order valence-corrected chi connectivity index (χ2v) is 6.84. The Kier molecular flexibility index (Phi) is 3.16. The smallest absolute Gasteiger partial charge is 0.248 e. The molecule has 2 saturated carbocycles. The molecule has 6 heteroatoms. The van der Waals surface area contributed by atoms with Crippen LogP contribution in [0.3, 0.4) is 0 Å². The molecule has 2 heterocycles. The molecule has 0 atom stereocenters. The van der Waals surface area contributed by atoms with Gasteiger partial charge in [0.25, 0.3) is 0 Å². The number of carbonyl (C=O) groups excluding carboxylic acids is 1. The van der Waals surface area contributed by atoms with Gasteiger partial charge in [0.15, 0.2) is 11.6 Å². The minimum absolute atomic E-state index is 0.0630. The van der Waals surface area contributed by atoms with Crippen LogP contribution in [0.25, 0.3) is 0 Å². The van der Waals surface area contributed by atoms with Gasteiger partial charge in [-0.25, -0.2) is 18.5 Å². The van der Waals surface area contributed by atoms with Crippen molar-refractivity contribution in [2.24, 2.45) is 10.9 Å². The molecule has 2 aliphatic carbocycles. The summed E-state index contributed by atoms with van der Waals surface area (Å²) in [6.45, 7) is 0. The molecule has 1 aliphatic heterocycles. The predicted octanol–water partition coefficient (Wildman–Crippen LogP) is 4.09. The first kappa shape index (κ1) is 14.0. The van der Waals surface area contributed by atoms with Crippen molar-refractivity contribution in [2.45, 2.75) is 63.3 Å². The van der Waals surface area contributed by atoms with Gasteiger partial charge in [-0.05, 0) is 38.0 Å². The van der Waals surface area contributed by atoms with Gasteiger partial charge in [0.05, 0.1) is 17.8 Å². The summed E-state index contributed by atoms with van der Waals surface area (Å²) in [6, 6.07) is -0.0693. The molecule has 4 rings (SSSR count). The van der Waals surface area contributed by atoms with Crippen molar-refractivity contribution in [3.05, 3.63) is 11.8 Å².